The van der Waals surface area contributed by atoms with Gasteiger partial charge >= 0.3 is 0 Å². The monoisotopic (exact) mass is 125 g/mol. The van der Waals surface area contributed by atoms with Gasteiger partial charge in [0.2, 0.25) is 0 Å². The second kappa shape index (κ2) is 1.97. The first-order valence-electron chi connectivity index (χ1n) is 2.08. The summed E-state index contributed by atoms with van der Waals surface area (Å²) in [5.74, 6) is 0. The molecule has 0 fully saturated rings. The number of hydrogen-bond acceptors (Lipinski definition) is 1. The quantitative estimate of drug-likeness (QED) is 0.525. The zero-order chi connectivity index (χ0) is 6.08. The summed E-state index contributed by atoms with van der Waals surface area (Å²) in [6.45, 7) is 2.76. The van der Waals surface area contributed by atoms with Gasteiger partial charge in [-0.2, -0.15) is 0 Å². The third-order valence-corrected chi connectivity index (χ3v) is 1.14. The third-order valence-electron chi connectivity index (χ3n) is 0.800. The van der Waals surface area contributed by atoms with Crippen LogP contribution in [0.4, 0.5) is 4.39 Å². The molecule has 0 aliphatic carbocycles. The fraction of sp³-hybridized carbons (Fsp3) is 1.00. The van der Waals surface area contributed by atoms with Gasteiger partial charge in [0.1, 0.15) is 0 Å². The summed E-state index contributed by atoms with van der Waals surface area (Å²) in [5.41, 5.74) is 5.06. The molecule has 3 heteroatoms. The van der Waals surface area contributed by atoms with E-state index in [1.54, 1.807) is 0 Å². The van der Waals surface area contributed by atoms with Crippen LogP contribution in [-0.2, 0) is 0 Å². The highest BCUT2D eigenvalue weighted by molar-refractivity contribution is 6.23. The first-order chi connectivity index (χ1) is 2.94. The zero-order valence-corrected chi connectivity index (χ0v) is 5.17. The van der Waals surface area contributed by atoms with Gasteiger partial charge in [0.15, 0.2) is 5.13 Å². The molecule has 0 aliphatic rings. The third kappa shape index (κ3) is 2.83. The fourth-order valence-electron chi connectivity index (χ4n) is 0. The molecular formula is C4H9ClFN. The van der Waals surface area contributed by atoms with Crippen LogP contribution >= 0.6 is 11.6 Å². The summed E-state index contributed by atoms with van der Waals surface area (Å²) in [4.78, 5) is 0. The summed E-state index contributed by atoms with van der Waals surface area (Å²) in [6.07, 6.45) is 0. The Hall–Kier alpha value is 0.180. The molecule has 0 saturated carbocycles. The molecule has 0 radical (unpaired) electrons. The van der Waals surface area contributed by atoms with Crippen LogP contribution < -0.4 is 5.73 Å². The van der Waals surface area contributed by atoms with Crippen LogP contribution in [-0.4, -0.2) is 11.2 Å². The van der Waals surface area contributed by atoms with Crippen molar-refractivity contribution in [1.82, 2.24) is 0 Å². The molecule has 0 aromatic carbocycles. The Morgan fingerprint density at radius 3 is 2.00 bits per heavy atom. The van der Waals surface area contributed by atoms with Gasteiger partial charge in [0.05, 0.1) is 0 Å². The number of hydrogen-bond donors (Lipinski definition) is 1. The van der Waals surface area contributed by atoms with Gasteiger partial charge in [-0.3, -0.25) is 0 Å². The Kier molecular flexibility index (Phi) is 2.02. The average molecular weight is 126 g/mol. The van der Waals surface area contributed by atoms with E-state index in [0.29, 0.717) is 0 Å². The van der Waals surface area contributed by atoms with E-state index in [-0.39, 0.29) is 0 Å². The van der Waals surface area contributed by atoms with Crippen molar-refractivity contribution >= 4 is 11.6 Å². The van der Waals surface area contributed by atoms with E-state index in [0.717, 1.165) is 0 Å². The van der Waals surface area contributed by atoms with E-state index >= 15 is 0 Å². The van der Waals surface area contributed by atoms with Gasteiger partial charge < -0.3 is 5.73 Å². The second-order valence-corrected chi connectivity index (χ2v) is 2.48. The maximum Gasteiger partial charge on any atom is 0.195 e. The first-order valence-corrected chi connectivity index (χ1v) is 2.46. The molecule has 7 heavy (non-hydrogen) atoms. The maximum atomic E-state index is 12.2. The predicted octanol–water partition coefficient (Wildman–Crippen LogP) is 1.26. The minimum atomic E-state index is -1.75. The highest BCUT2D eigenvalue weighted by Crippen LogP contribution is 2.17. The van der Waals surface area contributed by atoms with Crippen molar-refractivity contribution in [2.24, 2.45) is 5.73 Å². The molecule has 2 unspecified atom stereocenters. The zero-order valence-electron chi connectivity index (χ0n) is 4.41. The van der Waals surface area contributed by atoms with E-state index in [2.05, 4.69) is 0 Å². The van der Waals surface area contributed by atoms with E-state index in [1.165, 1.54) is 13.8 Å². The summed E-state index contributed by atoms with van der Waals surface area (Å²) in [5, 5.41) is -1.75. The molecule has 0 amide bonds. The van der Waals surface area contributed by atoms with Crippen LogP contribution in [0.15, 0.2) is 0 Å². The summed E-state index contributed by atoms with van der Waals surface area (Å²) < 4.78 is 12.2. The Labute approximate surface area is 47.6 Å². The lowest BCUT2D eigenvalue weighted by Gasteiger charge is -2.14. The number of alkyl halides is 2. The number of halogens is 2. The second-order valence-electron chi connectivity index (χ2n) is 1.74. The molecule has 0 rings (SSSR count). The van der Waals surface area contributed by atoms with Crippen LogP contribution in [0.1, 0.15) is 13.8 Å². The first kappa shape index (κ1) is 7.18. The predicted molar refractivity (Wildman–Crippen MR) is 29.0 cm³/mol. The highest BCUT2D eigenvalue weighted by Gasteiger charge is 2.23. The van der Waals surface area contributed by atoms with Gasteiger partial charge in [0, 0.05) is 6.04 Å². The maximum absolute atomic E-state index is 12.2. The lowest BCUT2D eigenvalue weighted by Crippen LogP contribution is -2.33. The molecule has 0 spiro atoms. The van der Waals surface area contributed by atoms with Crippen LogP contribution in [0, 0.1) is 0 Å². The number of nitrogens with two attached hydrogens (primary N) is 1. The van der Waals surface area contributed by atoms with Crippen molar-refractivity contribution in [2.75, 3.05) is 0 Å². The van der Waals surface area contributed by atoms with E-state index in [9.17, 15) is 4.39 Å². The van der Waals surface area contributed by atoms with Gasteiger partial charge in [-0.1, -0.05) is 11.6 Å². The minimum Gasteiger partial charge on any atom is -0.324 e. The van der Waals surface area contributed by atoms with Crippen molar-refractivity contribution < 1.29 is 4.39 Å². The standard InChI is InChI=1S/C4H9ClFN/c1-3(7)4(2,5)6/h3H,7H2,1-2H3. The fourth-order valence-corrected chi connectivity index (χ4v) is 0. The largest absolute Gasteiger partial charge is 0.324 e. The Bertz CT molecular complexity index is 57.2. The molecule has 2 atom stereocenters. The van der Waals surface area contributed by atoms with Crippen molar-refractivity contribution in [1.29, 1.82) is 0 Å². The van der Waals surface area contributed by atoms with Gasteiger partial charge in [-0.05, 0) is 13.8 Å². The summed E-state index contributed by atoms with van der Waals surface area (Å²) in [7, 11) is 0. The Morgan fingerprint density at radius 1 is 1.86 bits per heavy atom. The SMILES string of the molecule is CC(N)C(C)(F)Cl. The van der Waals surface area contributed by atoms with E-state index in [1.807, 2.05) is 0 Å². The molecule has 0 aromatic rings. The minimum absolute atomic E-state index is 0.603. The molecule has 44 valence electrons. The lowest BCUT2D eigenvalue weighted by molar-refractivity contribution is 0.265. The van der Waals surface area contributed by atoms with Crippen LogP contribution in [0.5, 0.6) is 0 Å². The molecule has 1 nitrogen and oxygen atoms in total. The van der Waals surface area contributed by atoms with Crippen molar-refractivity contribution in [3.05, 3.63) is 0 Å². The van der Waals surface area contributed by atoms with Gasteiger partial charge in [0.25, 0.3) is 0 Å². The Morgan fingerprint density at radius 2 is 2.00 bits per heavy atom. The Balaban J connectivity index is 3.54. The van der Waals surface area contributed by atoms with E-state index in [4.69, 9.17) is 17.3 Å². The molecule has 0 aromatic heterocycles. The van der Waals surface area contributed by atoms with Crippen LogP contribution in [0.3, 0.4) is 0 Å². The molecule has 2 N–H and O–H groups in total. The van der Waals surface area contributed by atoms with Gasteiger partial charge in [-0.15, -0.1) is 0 Å². The molecular weight excluding hydrogens is 117 g/mol. The number of rotatable bonds is 1. The normalized spacial score (nSPS) is 23.6. The molecule has 0 heterocycles. The summed E-state index contributed by atoms with van der Waals surface area (Å²) >= 11 is 5.08. The molecule has 0 saturated heterocycles. The average Bonchev–Trinajstić information content (AvgIpc) is 1.31. The smallest absolute Gasteiger partial charge is 0.195 e. The van der Waals surface area contributed by atoms with Crippen molar-refractivity contribution in [2.45, 2.75) is 25.0 Å². The van der Waals surface area contributed by atoms with Crippen molar-refractivity contribution in [3.8, 4) is 0 Å². The van der Waals surface area contributed by atoms with Crippen molar-refractivity contribution in [3.63, 3.8) is 0 Å². The van der Waals surface area contributed by atoms with Crippen LogP contribution in [0.2, 0.25) is 0 Å². The van der Waals surface area contributed by atoms with E-state index < -0.39 is 11.2 Å². The van der Waals surface area contributed by atoms with Gasteiger partial charge in [-0.25, -0.2) is 4.39 Å². The lowest BCUT2D eigenvalue weighted by atomic mass is 10.2. The highest BCUT2D eigenvalue weighted by atomic mass is 35.5. The molecule has 0 bridgehead atoms. The van der Waals surface area contributed by atoms with Crippen LogP contribution in [0.25, 0.3) is 0 Å². The molecule has 0 aliphatic heterocycles. The summed E-state index contributed by atoms with van der Waals surface area (Å²) in [6, 6.07) is -0.603. The topological polar surface area (TPSA) is 26.0 Å².